The van der Waals surface area contributed by atoms with Gasteiger partial charge in [-0.3, -0.25) is 14.9 Å². The van der Waals surface area contributed by atoms with Gasteiger partial charge in [-0.05, 0) is 29.8 Å². The van der Waals surface area contributed by atoms with E-state index in [1.54, 1.807) is 30.5 Å². The van der Waals surface area contributed by atoms with Crippen molar-refractivity contribution in [3.05, 3.63) is 54.2 Å². The molecule has 0 atom stereocenters. The summed E-state index contributed by atoms with van der Waals surface area (Å²) < 4.78 is 34.0. The molecule has 30 heavy (non-hydrogen) atoms. The second-order valence-electron chi connectivity index (χ2n) is 7.55. The Morgan fingerprint density at radius 1 is 1.17 bits per heavy atom. The number of anilines is 1. The van der Waals surface area contributed by atoms with Crippen LogP contribution < -0.4 is 15.0 Å². The Balaban J connectivity index is 1.25. The zero-order valence-corrected chi connectivity index (χ0v) is 17.8. The predicted molar refractivity (Wildman–Crippen MR) is 110 cm³/mol. The Labute approximate surface area is 172 Å². The van der Waals surface area contributed by atoms with Crippen LogP contribution in [-0.2, 0) is 27.0 Å². The van der Waals surface area contributed by atoms with Crippen molar-refractivity contribution in [2.24, 2.45) is 0 Å². The van der Waals surface area contributed by atoms with Crippen LogP contribution in [0.4, 0.5) is 10.6 Å². The van der Waals surface area contributed by atoms with Crippen molar-refractivity contribution in [2.75, 3.05) is 30.9 Å². The zero-order chi connectivity index (χ0) is 21.1. The molecule has 4 aliphatic rings. The average Bonchev–Trinajstić information content (AvgIpc) is 2.92. The monoisotopic (exact) mass is 453 g/mol. The van der Waals surface area contributed by atoms with E-state index in [0.717, 1.165) is 5.82 Å². The van der Waals surface area contributed by atoms with E-state index in [0.29, 0.717) is 24.5 Å². The highest BCUT2D eigenvalue weighted by molar-refractivity contribution is 8.73. The fourth-order valence-electron chi connectivity index (χ4n) is 3.89. The van der Waals surface area contributed by atoms with E-state index in [1.807, 2.05) is 30.1 Å². The molecule has 0 aliphatic carbocycles. The number of carbonyl (C=O) groups is 2. The number of hydrogen-bond acceptors (Lipinski definition) is 9. The fourth-order valence-corrected chi connectivity index (χ4v) is 14.5. The lowest BCUT2D eigenvalue weighted by atomic mass is 10.2. The van der Waals surface area contributed by atoms with Crippen LogP contribution in [0.1, 0.15) is 5.56 Å². The van der Waals surface area contributed by atoms with Gasteiger partial charge in [-0.15, -0.1) is 0 Å². The Morgan fingerprint density at radius 3 is 2.47 bits per heavy atom. The molecule has 1 aromatic heterocycles. The first kappa shape index (κ1) is 19.5. The SMILES string of the molecule is CN(CCOc1ccc(CS234(CC(=O)NC2=O)OP(=O)(O3)O4)cc1)c1ccccn1. The first-order chi connectivity index (χ1) is 14.2. The maximum absolute atomic E-state index is 12.6. The third-order valence-corrected chi connectivity index (χ3v) is 15.4. The lowest BCUT2D eigenvalue weighted by molar-refractivity contribution is -0.117. The molecule has 1 aromatic carbocycles. The molecule has 2 aromatic rings. The molecule has 0 saturated carbocycles. The van der Waals surface area contributed by atoms with Crippen LogP contribution in [0.2, 0.25) is 0 Å². The number of imide groups is 1. The van der Waals surface area contributed by atoms with E-state index in [1.165, 1.54) is 0 Å². The Morgan fingerprint density at radius 2 is 1.90 bits per heavy atom. The third-order valence-electron chi connectivity index (χ3n) is 5.27. The number of carbonyl (C=O) groups excluding carboxylic acids is 2. The van der Waals surface area contributed by atoms with Gasteiger partial charge in [-0.1, -0.05) is 18.2 Å². The molecule has 2 bridgehead atoms. The summed E-state index contributed by atoms with van der Waals surface area (Å²) in [7, 11) is -6.46. The van der Waals surface area contributed by atoms with Gasteiger partial charge in [-0.25, -0.2) is 21.5 Å². The minimum absolute atomic E-state index is 0.0930. The summed E-state index contributed by atoms with van der Waals surface area (Å²) >= 11 is 0. The fraction of sp³-hybridized carbons (Fsp3) is 0.278. The lowest BCUT2D eigenvalue weighted by Crippen LogP contribution is -2.64. The smallest absolute Gasteiger partial charge is 0.492 e. The lowest BCUT2D eigenvalue weighted by Gasteiger charge is -2.85. The van der Waals surface area contributed by atoms with E-state index >= 15 is 0 Å². The highest BCUT2D eigenvalue weighted by Crippen LogP contribution is 3.22. The van der Waals surface area contributed by atoms with Crippen LogP contribution >= 0.6 is 17.0 Å². The number of phosphoric acid groups is 1. The Kier molecular flexibility index (Phi) is 3.80. The molecule has 6 rings (SSSR count). The number of nitrogens with zero attached hydrogens (tertiary/aromatic N) is 2. The largest absolute Gasteiger partial charge is 0.511 e. The van der Waals surface area contributed by atoms with E-state index < -0.39 is 28.1 Å². The van der Waals surface area contributed by atoms with E-state index in [4.69, 9.17) is 16.6 Å². The average molecular weight is 453 g/mol. The van der Waals surface area contributed by atoms with Gasteiger partial charge in [-0.2, -0.15) is 0 Å². The molecule has 1 N–H and O–H groups in total. The van der Waals surface area contributed by atoms with Gasteiger partial charge in [0.15, 0.2) is 0 Å². The number of nitrogens with one attached hydrogen (secondary N) is 1. The summed E-state index contributed by atoms with van der Waals surface area (Å²) in [5, 5.41) is 1.41. The molecule has 4 aliphatic heterocycles. The van der Waals surface area contributed by atoms with Crippen molar-refractivity contribution in [1.82, 2.24) is 10.3 Å². The standard InChI is InChI=1S/C18H20N3O7PS/c1-21(16-4-2-3-9-19-16)10-11-25-15-7-5-14(6-8-15)12-30(13-17(22)20-18(30)23)26-29(24,27-30)28-30/h2-9H,10-13H2,1H3,(H,20,22,23). The highest BCUT2D eigenvalue weighted by atomic mass is 32.4. The van der Waals surface area contributed by atoms with Crippen molar-refractivity contribution in [3.63, 3.8) is 0 Å². The van der Waals surface area contributed by atoms with Crippen LogP contribution in [-0.4, -0.2) is 42.1 Å². The first-order valence-corrected chi connectivity index (χ1v) is 13.2. The molecule has 0 unspecified atom stereocenters. The van der Waals surface area contributed by atoms with Gasteiger partial charge >= 0.3 is 13.1 Å². The molecule has 0 radical (unpaired) electrons. The number of hydrogen-bond donors (Lipinski definition) is 1. The number of ether oxygens (including phenoxy) is 1. The molecule has 2 amide bonds. The van der Waals surface area contributed by atoms with E-state index in [-0.39, 0.29) is 11.5 Å². The van der Waals surface area contributed by atoms with Crippen molar-refractivity contribution in [3.8, 4) is 5.75 Å². The topological polar surface area (TPSA) is 116 Å². The summed E-state index contributed by atoms with van der Waals surface area (Å²) in [5.41, 5.74) is 0.644. The van der Waals surface area contributed by atoms with Crippen molar-refractivity contribution in [1.29, 1.82) is 0 Å². The quantitative estimate of drug-likeness (QED) is 0.631. The number of amides is 2. The van der Waals surface area contributed by atoms with Gasteiger partial charge in [0.1, 0.15) is 23.9 Å². The second-order valence-corrected chi connectivity index (χ2v) is 14.5. The van der Waals surface area contributed by atoms with Crippen molar-refractivity contribution < 1.29 is 30.8 Å². The van der Waals surface area contributed by atoms with Gasteiger partial charge < -0.3 is 9.64 Å². The van der Waals surface area contributed by atoms with Gasteiger partial charge in [0.05, 0.1) is 21.4 Å². The van der Waals surface area contributed by atoms with Crippen LogP contribution in [0.5, 0.6) is 5.75 Å². The number of likely N-dealkylation sites (N-methyl/N-ethyl adjacent to an activating group) is 1. The van der Waals surface area contributed by atoms with Crippen LogP contribution in [0.15, 0.2) is 48.7 Å². The normalized spacial score (nSPS) is 28.7. The number of rotatable bonds is 7. The maximum Gasteiger partial charge on any atom is 0.511 e. The first-order valence-electron chi connectivity index (χ1n) is 9.20. The molecule has 4 fully saturated rings. The Hall–Kier alpha value is -2.43. The molecule has 4 saturated heterocycles. The molecule has 10 nitrogen and oxygen atoms in total. The predicted octanol–water partition coefficient (Wildman–Crippen LogP) is 3.15. The van der Waals surface area contributed by atoms with Crippen LogP contribution in [0.3, 0.4) is 0 Å². The minimum Gasteiger partial charge on any atom is -0.492 e. The molecule has 12 heteroatoms. The second kappa shape index (κ2) is 5.83. The van der Waals surface area contributed by atoms with E-state index in [9.17, 15) is 14.2 Å². The highest BCUT2D eigenvalue weighted by Gasteiger charge is 2.99. The Bertz CT molecular complexity index is 1090. The zero-order valence-electron chi connectivity index (χ0n) is 16.1. The molecule has 1 spiro atoms. The van der Waals surface area contributed by atoms with Crippen molar-refractivity contribution in [2.45, 2.75) is 5.75 Å². The van der Waals surface area contributed by atoms with Gasteiger partial charge in [0, 0.05) is 13.2 Å². The molecule has 5 heterocycles. The number of aromatic nitrogens is 1. The molecular formula is C18H20N3O7PS. The van der Waals surface area contributed by atoms with Crippen molar-refractivity contribution >= 4 is 33.9 Å². The van der Waals surface area contributed by atoms with E-state index in [2.05, 4.69) is 10.3 Å². The summed E-state index contributed by atoms with van der Waals surface area (Å²) in [6.07, 6.45) is 1.73. The summed E-state index contributed by atoms with van der Waals surface area (Å²) in [6, 6.07) is 12.7. The summed E-state index contributed by atoms with van der Waals surface area (Å²) in [5.74, 6) is 0.446. The minimum atomic E-state index is -4.72. The van der Waals surface area contributed by atoms with Crippen LogP contribution in [0, 0.1) is 0 Å². The van der Waals surface area contributed by atoms with Gasteiger partial charge in [0.25, 0.3) is 0 Å². The number of benzene rings is 1. The third kappa shape index (κ3) is 2.57. The summed E-state index contributed by atoms with van der Waals surface area (Å²) in [4.78, 5) is 30.7. The summed E-state index contributed by atoms with van der Waals surface area (Å²) in [6.45, 7) is 1.09. The molecular weight excluding hydrogens is 433 g/mol. The maximum atomic E-state index is 12.6. The molecule has 160 valence electrons. The number of pyridine rings is 1. The van der Waals surface area contributed by atoms with Crippen LogP contribution in [0.25, 0.3) is 0 Å². The van der Waals surface area contributed by atoms with Gasteiger partial charge in [0.2, 0.25) is 5.91 Å².